The number of nitrogens with zero attached hydrogens (tertiary/aromatic N) is 1. The smallest absolute Gasteiger partial charge is 0.257 e. The second kappa shape index (κ2) is 7.56. The summed E-state index contributed by atoms with van der Waals surface area (Å²) in [5.41, 5.74) is 3.02. The molecule has 0 unspecified atom stereocenters. The number of carbonyl (C=O) groups excluding carboxylic acids is 2. The van der Waals surface area contributed by atoms with Crippen molar-refractivity contribution in [3.8, 4) is 0 Å². The molecule has 0 radical (unpaired) electrons. The SMILES string of the molecule is CCc1cccc(C)c1NC(=O)c1ccc(N2C(=O)[C@@H](C)CS2(=O)=O)cc1Cl. The van der Waals surface area contributed by atoms with E-state index in [0.29, 0.717) is 0 Å². The van der Waals surface area contributed by atoms with Gasteiger partial charge >= 0.3 is 0 Å². The lowest BCUT2D eigenvalue weighted by Gasteiger charge is -2.17. The van der Waals surface area contributed by atoms with Crippen molar-refractivity contribution >= 4 is 44.8 Å². The quantitative estimate of drug-likeness (QED) is 0.815. The zero-order valence-electron chi connectivity index (χ0n) is 15.8. The summed E-state index contributed by atoms with van der Waals surface area (Å²) in [6.07, 6.45) is 0.761. The summed E-state index contributed by atoms with van der Waals surface area (Å²) >= 11 is 6.27. The van der Waals surface area contributed by atoms with Crippen LogP contribution >= 0.6 is 11.6 Å². The van der Waals surface area contributed by atoms with Gasteiger partial charge in [-0.2, -0.15) is 0 Å². The molecule has 2 amide bonds. The molecule has 0 aromatic heterocycles. The van der Waals surface area contributed by atoms with Crippen molar-refractivity contribution in [1.82, 2.24) is 0 Å². The van der Waals surface area contributed by atoms with E-state index in [0.717, 1.165) is 27.5 Å². The van der Waals surface area contributed by atoms with E-state index >= 15 is 0 Å². The Kier molecular flexibility index (Phi) is 5.50. The third-order valence-corrected chi connectivity index (χ3v) is 6.95. The maximum atomic E-state index is 12.7. The third-order valence-electron chi connectivity index (χ3n) is 4.77. The molecule has 2 aromatic carbocycles. The molecule has 0 aliphatic carbocycles. The number of hydrogen-bond acceptors (Lipinski definition) is 4. The van der Waals surface area contributed by atoms with E-state index in [2.05, 4.69) is 5.32 Å². The highest BCUT2D eigenvalue weighted by Crippen LogP contribution is 2.32. The molecule has 1 aliphatic rings. The first-order valence-electron chi connectivity index (χ1n) is 8.92. The van der Waals surface area contributed by atoms with Crippen LogP contribution in [0.3, 0.4) is 0 Å². The predicted molar refractivity (Wildman–Crippen MR) is 110 cm³/mol. The number of amides is 2. The number of benzene rings is 2. The molecule has 1 atom stereocenters. The fraction of sp³-hybridized carbons (Fsp3) is 0.300. The molecule has 2 aromatic rings. The molecular formula is C20H21ClN2O4S. The largest absolute Gasteiger partial charge is 0.321 e. The zero-order chi connectivity index (χ0) is 20.6. The Balaban J connectivity index is 1.92. The van der Waals surface area contributed by atoms with Gasteiger partial charge in [0.1, 0.15) is 0 Å². The minimum absolute atomic E-state index is 0.0733. The van der Waals surface area contributed by atoms with E-state index in [-0.39, 0.29) is 22.0 Å². The van der Waals surface area contributed by atoms with Gasteiger partial charge < -0.3 is 5.32 Å². The van der Waals surface area contributed by atoms with Crippen LogP contribution in [0.1, 0.15) is 35.3 Å². The molecule has 1 aliphatic heterocycles. The van der Waals surface area contributed by atoms with Gasteiger partial charge in [-0.05, 0) is 42.7 Å². The summed E-state index contributed by atoms with van der Waals surface area (Å²) in [5, 5.41) is 2.96. The molecule has 1 N–H and O–H groups in total. The van der Waals surface area contributed by atoms with Gasteiger partial charge in [-0.15, -0.1) is 0 Å². The molecule has 8 heteroatoms. The van der Waals surface area contributed by atoms with Crippen LogP contribution in [-0.4, -0.2) is 26.0 Å². The van der Waals surface area contributed by atoms with Gasteiger partial charge in [-0.25, -0.2) is 12.7 Å². The summed E-state index contributed by atoms with van der Waals surface area (Å²) in [4.78, 5) is 25.0. The topological polar surface area (TPSA) is 83.6 Å². The Hall–Kier alpha value is -2.38. The van der Waals surface area contributed by atoms with Crippen LogP contribution in [0.2, 0.25) is 5.02 Å². The molecule has 148 valence electrons. The van der Waals surface area contributed by atoms with Gasteiger partial charge in [0.15, 0.2) is 0 Å². The molecule has 0 saturated carbocycles. The van der Waals surface area contributed by atoms with Gasteiger partial charge in [-0.1, -0.05) is 43.6 Å². The number of sulfonamides is 1. The first-order chi connectivity index (χ1) is 13.2. The van der Waals surface area contributed by atoms with Crippen LogP contribution in [-0.2, 0) is 21.2 Å². The number of hydrogen-bond donors (Lipinski definition) is 1. The fourth-order valence-corrected chi connectivity index (χ4v) is 5.36. The molecule has 0 bridgehead atoms. The van der Waals surface area contributed by atoms with E-state index < -0.39 is 27.8 Å². The minimum atomic E-state index is -3.73. The van der Waals surface area contributed by atoms with Crippen LogP contribution in [0.4, 0.5) is 11.4 Å². The van der Waals surface area contributed by atoms with Gasteiger partial charge in [-0.3, -0.25) is 9.59 Å². The van der Waals surface area contributed by atoms with Crippen LogP contribution in [0, 0.1) is 12.8 Å². The number of rotatable bonds is 4. The van der Waals surface area contributed by atoms with E-state index in [4.69, 9.17) is 11.6 Å². The molecule has 28 heavy (non-hydrogen) atoms. The van der Waals surface area contributed by atoms with E-state index in [1.165, 1.54) is 18.2 Å². The lowest BCUT2D eigenvalue weighted by molar-refractivity contribution is -0.119. The number of aryl methyl sites for hydroxylation is 2. The second-order valence-electron chi connectivity index (χ2n) is 6.86. The summed E-state index contributed by atoms with van der Waals surface area (Å²) < 4.78 is 25.3. The molecule has 1 saturated heterocycles. The van der Waals surface area contributed by atoms with Crippen molar-refractivity contribution in [2.24, 2.45) is 5.92 Å². The Labute approximate surface area is 169 Å². The maximum Gasteiger partial charge on any atom is 0.257 e. The third kappa shape index (κ3) is 3.64. The Morgan fingerprint density at radius 3 is 2.57 bits per heavy atom. The molecule has 1 fully saturated rings. The van der Waals surface area contributed by atoms with E-state index in [1.54, 1.807) is 6.92 Å². The first-order valence-corrected chi connectivity index (χ1v) is 10.9. The second-order valence-corrected chi connectivity index (χ2v) is 9.13. The highest BCUT2D eigenvalue weighted by molar-refractivity contribution is 7.94. The molecule has 0 spiro atoms. The Bertz CT molecular complexity index is 1070. The number of anilines is 2. The minimum Gasteiger partial charge on any atom is -0.321 e. The molecular weight excluding hydrogens is 400 g/mol. The van der Waals surface area contributed by atoms with Crippen molar-refractivity contribution < 1.29 is 18.0 Å². The lowest BCUT2D eigenvalue weighted by Crippen LogP contribution is -2.30. The zero-order valence-corrected chi connectivity index (χ0v) is 17.4. The van der Waals surface area contributed by atoms with Crippen molar-refractivity contribution in [3.63, 3.8) is 0 Å². The molecule has 1 heterocycles. The van der Waals surface area contributed by atoms with E-state index in [1.807, 2.05) is 32.0 Å². The first kappa shape index (κ1) is 20.4. The van der Waals surface area contributed by atoms with Gasteiger partial charge in [0.05, 0.1) is 27.9 Å². The Morgan fingerprint density at radius 2 is 2.00 bits per heavy atom. The number of para-hydroxylation sites is 1. The summed E-state index contributed by atoms with van der Waals surface area (Å²) in [6, 6.07) is 9.97. The predicted octanol–water partition coefficient (Wildman–Crippen LogP) is 3.78. The highest BCUT2D eigenvalue weighted by Gasteiger charge is 2.42. The average Bonchev–Trinajstić information content (AvgIpc) is 2.83. The van der Waals surface area contributed by atoms with Crippen molar-refractivity contribution in [2.45, 2.75) is 27.2 Å². The van der Waals surface area contributed by atoms with Crippen molar-refractivity contribution in [3.05, 3.63) is 58.1 Å². The Morgan fingerprint density at radius 1 is 1.29 bits per heavy atom. The fourth-order valence-electron chi connectivity index (χ4n) is 3.28. The number of carbonyl (C=O) groups is 2. The van der Waals surface area contributed by atoms with Gasteiger partial charge in [0.25, 0.3) is 5.91 Å². The molecule has 6 nitrogen and oxygen atoms in total. The number of nitrogens with one attached hydrogen (secondary N) is 1. The van der Waals surface area contributed by atoms with Crippen molar-refractivity contribution in [1.29, 1.82) is 0 Å². The van der Waals surface area contributed by atoms with Crippen molar-refractivity contribution in [2.75, 3.05) is 15.4 Å². The van der Waals surface area contributed by atoms with Crippen LogP contribution in [0.25, 0.3) is 0 Å². The summed E-state index contributed by atoms with van der Waals surface area (Å²) in [7, 11) is -3.73. The maximum absolute atomic E-state index is 12.7. The number of halogens is 1. The van der Waals surface area contributed by atoms with Crippen LogP contribution in [0.5, 0.6) is 0 Å². The van der Waals surface area contributed by atoms with Crippen LogP contribution in [0.15, 0.2) is 36.4 Å². The average molecular weight is 421 g/mol. The standard InChI is InChI=1S/C20H21ClN2O4S/c1-4-14-7-5-6-12(2)18(14)22-19(24)16-9-8-15(10-17(16)21)23-20(25)13(3)11-28(23,26)27/h5-10,13H,4,11H2,1-3H3,(H,22,24)/t13-/m0/s1. The van der Waals surface area contributed by atoms with Gasteiger partial charge in [0, 0.05) is 5.69 Å². The van der Waals surface area contributed by atoms with Crippen LogP contribution < -0.4 is 9.62 Å². The molecule has 3 rings (SSSR count). The van der Waals surface area contributed by atoms with Gasteiger partial charge in [0.2, 0.25) is 15.9 Å². The monoisotopic (exact) mass is 420 g/mol. The summed E-state index contributed by atoms with van der Waals surface area (Å²) in [6.45, 7) is 5.47. The summed E-state index contributed by atoms with van der Waals surface area (Å²) in [5.74, 6) is -1.75. The highest BCUT2D eigenvalue weighted by atomic mass is 35.5. The van der Waals surface area contributed by atoms with E-state index in [9.17, 15) is 18.0 Å². The lowest BCUT2D eigenvalue weighted by atomic mass is 10.1. The normalized spacial score (nSPS) is 18.4.